The molecule has 0 aliphatic rings. The smallest absolute Gasteiger partial charge is 0.407 e. The van der Waals surface area contributed by atoms with E-state index in [2.05, 4.69) is 10.6 Å². The van der Waals surface area contributed by atoms with E-state index in [0.717, 1.165) is 0 Å². The highest BCUT2D eigenvalue weighted by atomic mass is 19.1. The van der Waals surface area contributed by atoms with Crippen molar-refractivity contribution in [2.24, 2.45) is 5.73 Å². The largest absolute Gasteiger partial charge is 0.494 e. The minimum absolute atomic E-state index is 0.0693. The second kappa shape index (κ2) is 8.57. The number of rotatable bonds is 7. The van der Waals surface area contributed by atoms with Crippen LogP contribution < -0.4 is 21.1 Å². The molecule has 1 atom stereocenters. The van der Waals surface area contributed by atoms with Crippen LogP contribution in [0.1, 0.15) is 27.2 Å². The fourth-order valence-corrected chi connectivity index (χ4v) is 1.90. The quantitative estimate of drug-likeness (QED) is 0.716. The van der Waals surface area contributed by atoms with Gasteiger partial charge in [0.15, 0.2) is 11.6 Å². The predicted molar refractivity (Wildman–Crippen MR) is 88.3 cm³/mol. The number of benzene rings is 1. The van der Waals surface area contributed by atoms with E-state index in [1.807, 2.05) is 0 Å². The third-order valence-electron chi connectivity index (χ3n) is 2.97. The SMILES string of the molecule is COc1cc(NC(CN)CCNC(=O)OC(C)(C)C)ccc1F. The van der Waals surface area contributed by atoms with Crippen molar-refractivity contribution in [3.8, 4) is 5.75 Å². The van der Waals surface area contributed by atoms with E-state index in [1.54, 1.807) is 32.9 Å². The van der Waals surface area contributed by atoms with Crippen LogP contribution in [0, 0.1) is 5.82 Å². The summed E-state index contributed by atoms with van der Waals surface area (Å²) in [5.41, 5.74) is 5.91. The zero-order valence-corrected chi connectivity index (χ0v) is 14.1. The van der Waals surface area contributed by atoms with Crippen molar-refractivity contribution < 1.29 is 18.7 Å². The summed E-state index contributed by atoms with van der Waals surface area (Å²) in [6.07, 6.45) is 0.145. The van der Waals surface area contributed by atoms with E-state index >= 15 is 0 Å². The van der Waals surface area contributed by atoms with Gasteiger partial charge in [0.05, 0.1) is 7.11 Å². The summed E-state index contributed by atoms with van der Waals surface area (Å²) in [6.45, 7) is 6.20. The van der Waals surface area contributed by atoms with Crippen molar-refractivity contribution in [3.05, 3.63) is 24.0 Å². The van der Waals surface area contributed by atoms with Crippen LogP contribution in [0.4, 0.5) is 14.9 Å². The molecule has 1 aromatic rings. The number of carbonyl (C=O) groups is 1. The van der Waals surface area contributed by atoms with E-state index in [9.17, 15) is 9.18 Å². The molecular formula is C16H26FN3O3. The number of halogens is 1. The van der Waals surface area contributed by atoms with Gasteiger partial charge in [0.1, 0.15) is 5.60 Å². The van der Waals surface area contributed by atoms with Crippen LogP contribution in [0.3, 0.4) is 0 Å². The molecule has 4 N–H and O–H groups in total. The van der Waals surface area contributed by atoms with E-state index in [-0.39, 0.29) is 11.8 Å². The standard InChI is InChI=1S/C16H26FN3O3/c1-16(2,3)23-15(21)19-8-7-12(10-18)20-11-5-6-13(17)14(9-11)22-4/h5-6,9,12,20H,7-8,10,18H2,1-4H3,(H,19,21). The highest BCUT2D eigenvalue weighted by molar-refractivity contribution is 5.67. The molecular weight excluding hydrogens is 301 g/mol. The minimum atomic E-state index is -0.528. The molecule has 1 amide bonds. The number of methoxy groups -OCH3 is 1. The van der Waals surface area contributed by atoms with Gasteiger partial charge in [-0.2, -0.15) is 0 Å². The van der Waals surface area contributed by atoms with Crippen molar-refractivity contribution in [1.82, 2.24) is 5.32 Å². The van der Waals surface area contributed by atoms with Gasteiger partial charge in [0.2, 0.25) is 0 Å². The maximum absolute atomic E-state index is 13.4. The molecule has 23 heavy (non-hydrogen) atoms. The monoisotopic (exact) mass is 327 g/mol. The Morgan fingerprint density at radius 3 is 2.65 bits per heavy atom. The second-order valence-electron chi connectivity index (χ2n) is 6.14. The lowest BCUT2D eigenvalue weighted by molar-refractivity contribution is 0.0527. The fourth-order valence-electron chi connectivity index (χ4n) is 1.90. The molecule has 0 fully saturated rings. The van der Waals surface area contributed by atoms with E-state index in [1.165, 1.54) is 13.2 Å². The first-order valence-electron chi connectivity index (χ1n) is 7.52. The van der Waals surface area contributed by atoms with Crippen LogP contribution in [-0.2, 0) is 4.74 Å². The number of carbonyl (C=O) groups excluding carboxylic acids is 1. The number of hydrogen-bond donors (Lipinski definition) is 3. The van der Waals surface area contributed by atoms with Gasteiger partial charge in [-0.05, 0) is 39.3 Å². The molecule has 0 saturated heterocycles. The van der Waals surface area contributed by atoms with Crippen LogP contribution in [0.5, 0.6) is 5.75 Å². The van der Waals surface area contributed by atoms with E-state index < -0.39 is 17.5 Å². The van der Waals surface area contributed by atoms with Crippen molar-refractivity contribution in [2.75, 3.05) is 25.5 Å². The Bertz CT molecular complexity index is 518. The number of hydrogen-bond acceptors (Lipinski definition) is 5. The number of amides is 1. The fraction of sp³-hybridized carbons (Fsp3) is 0.562. The normalized spacial score (nSPS) is 12.4. The third-order valence-corrected chi connectivity index (χ3v) is 2.97. The average Bonchev–Trinajstić information content (AvgIpc) is 2.46. The molecule has 6 nitrogen and oxygen atoms in total. The summed E-state index contributed by atoms with van der Waals surface area (Å²) in [6, 6.07) is 4.44. The van der Waals surface area contributed by atoms with Crippen molar-refractivity contribution in [3.63, 3.8) is 0 Å². The molecule has 7 heteroatoms. The summed E-state index contributed by atoms with van der Waals surface area (Å²) >= 11 is 0. The molecule has 1 rings (SSSR count). The molecule has 1 aromatic carbocycles. The Balaban J connectivity index is 2.47. The van der Waals surface area contributed by atoms with Crippen LogP contribution in [0.2, 0.25) is 0 Å². The summed E-state index contributed by atoms with van der Waals surface area (Å²) in [5, 5.41) is 5.87. The van der Waals surface area contributed by atoms with Crippen molar-refractivity contribution in [1.29, 1.82) is 0 Å². The Labute approximate surface area is 136 Å². The predicted octanol–water partition coefficient (Wildman–Crippen LogP) is 2.49. The Kier molecular flexibility index (Phi) is 7.09. The first-order chi connectivity index (χ1) is 10.7. The van der Waals surface area contributed by atoms with Crippen LogP contribution in [0.15, 0.2) is 18.2 Å². The van der Waals surface area contributed by atoms with Crippen LogP contribution in [-0.4, -0.2) is 37.9 Å². The molecule has 0 aromatic heterocycles. The highest BCUT2D eigenvalue weighted by Gasteiger charge is 2.16. The highest BCUT2D eigenvalue weighted by Crippen LogP contribution is 2.22. The lowest BCUT2D eigenvalue weighted by Crippen LogP contribution is -2.37. The zero-order chi connectivity index (χ0) is 17.5. The number of anilines is 1. The first-order valence-corrected chi connectivity index (χ1v) is 7.52. The molecule has 0 heterocycles. The molecule has 1 unspecified atom stereocenters. The Hall–Kier alpha value is -2.02. The van der Waals surface area contributed by atoms with Gasteiger partial charge in [-0.3, -0.25) is 0 Å². The third kappa shape index (κ3) is 7.19. The molecule has 0 radical (unpaired) electrons. The van der Waals surface area contributed by atoms with Gasteiger partial charge < -0.3 is 25.8 Å². The first kappa shape index (κ1) is 19.0. The maximum Gasteiger partial charge on any atom is 0.407 e. The number of alkyl carbamates (subject to hydrolysis) is 1. The van der Waals surface area contributed by atoms with Gasteiger partial charge in [-0.15, -0.1) is 0 Å². The van der Waals surface area contributed by atoms with Gasteiger partial charge in [0.25, 0.3) is 0 Å². The molecule has 0 spiro atoms. The van der Waals surface area contributed by atoms with Crippen molar-refractivity contribution >= 4 is 11.8 Å². The summed E-state index contributed by atoms with van der Waals surface area (Å²) < 4.78 is 23.5. The minimum Gasteiger partial charge on any atom is -0.494 e. The topological polar surface area (TPSA) is 85.6 Å². The van der Waals surface area contributed by atoms with Gasteiger partial charge in [0, 0.05) is 30.9 Å². The molecule has 0 aliphatic heterocycles. The second-order valence-corrected chi connectivity index (χ2v) is 6.14. The van der Waals surface area contributed by atoms with Crippen LogP contribution in [0.25, 0.3) is 0 Å². The van der Waals surface area contributed by atoms with Gasteiger partial charge in [-0.1, -0.05) is 0 Å². The summed E-state index contributed by atoms with van der Waals surface area (Å²) in [7, 11) is 1.41. The van der Waals surface area contributed by atoms with Gasteiger partial charge >= 0.3 is 6.09 Å². The average molecular weight is 327 g/mol. The van der Waals surface area contributed by atoms with Crippen molar-refractivity contribution in [2.45, 2.75) is 38.8 Å². The lowest BCUT2D eigenvalue weighted by Gasteiger charge is -2.21. The van der Waals surface area contributed by atoms with E-state index in [4.69, 9.17) is 15.2 Å². The number of ether oxygens (including phenoxy) is 2. The van der Waals surface area contributed by atoms with Crippen LogP contribution >= 0.6 is 0 Å². The van der Waals surface area contributed by atoms with Gasteiger partial charge in [-0.25, -0.2) is 9.18 Å². The molecule has 0 saturated carbocycles. The summed E-state index contributed by atoms with van der Waals surface area (Å²) in [4.78, 5) is 11.6. The lowest BCUT2D eigenvalue weighted by atomic mass is 10.2. The summed E-state index contributed by atoms with van der Waals surface area (Å²) in [5.74, 6) is -0.258. The Morgan fingerprint density at radius 2 is 2.09 bits per heavy atom. The maximum atomic E-state index is 13.4. The van der Waals surface area contributed by atoms with E-state index in [0.29, 0.717) is 25.2 Å². The molecule has 0 bridgehead atoms. The Morgan fingerprint density at radius 1 is 1.39 bits per heavy atom. The molecule has 0 aliphatic carbocycles. The number of nitrogens with two attached hydrogens (primary N) is 1. The zero-order valence-electron chi connectivity index (χ0n) is 14.1. The molecule has 130 valence electrons. The number of nitrogens with one attached hydrogen (secondary N) is 2.